The van der Waals surface area contributed by atoms with Gasteiger partial charge in [-0.25, -0.2) is 4.79 Å². The number of rotatable bonds is 7. The maximum Gasteiger partial charge on any atom is 0.412 e. The summed E-state index contributed by atoms with van der Waals surface area (Å²) in [5, 5.41) is 10.7. The van der Waals surface area contributed by atoms with Gasteiger partial charge >= 0.3 is 13.6 Å². The Morgan fingerprint density at radius 3 is 2.15 bits per heavy atom. The molecule has 0 unspecified atom stereocenters. The summed E-state index contributed by atoms with van der Waals surface area (Å²) in [4.78, 5) is 12.0. The third-order valence-electron chi connectivity index (χ3n) is 4.53. The first-order valence-corrected chi connectivity index (χ1v) is 8.94. The van der Waals surface area contributed by atoms with Gasteiger partial charge in [0.15, 0.2) is 0 Å². The molecule has 1 aromatic rings. The Hall–Kier alpha value is -1.86. The third-order valence-corrected chi connectivity index (χ3v) is 4.53. The number of benzene rings is 1. The van der Waals surface area contributed by atoms with Crippen LogP contribution in [0.3, 0.4) is 0 Å². The molecule has 1 amide bonds. The molecule has 0 spiro atoms. The lowest BCUT2D eigenvalue weighted by Gasteiger charge is -2.40. The summed E-state index contributed by atoms with van der Waals surface area (Å²) in [6.45, 7) is 14.9. The topological polar surface area (TPSA) is 80.6 Å². The molecule has 1 radical (unpaired) electrons. The monoisotopic (exact) mass is 375 g/mol. The van der Waals surface area contributed by atoms with Crippen molar-refractivity contribution in [1.29, 1.82) is 5.41 Å². The highest BCUT2D eigenvalue weighted by molar-refractivity contribution is 6.47. The van der Waals surface area contributed by atoms with Crippen LogP contribution in [-0.4, -0.2) is 43.2 Å². The molecular formula is C20H32BN2O4. The van der Waals surface area contributed by atoms with Crippen molar-refractivity contribution in [2.24, 2.45) is 0 Å². The van der Waals surface area contributed by atoms with Crippen LogP contribution in [0.5, 0.6) is 0 Å². The largest absolute Gasteiger partial charge is 0.444 e. The van der Waals surface area contributed by atoms with Crippen molar-refractivity contribution in [1.82, 2.24) is 0 Å². The zero-order valence-electron chi connectivity index (χ0n) is 17.9. The Kier molecular flexibility index (Phi) is 7.25. The van der Waals surface area contributed by atoms with E-state index in [1.54, 1.807) is 54.4 Å². The quantitative estimate of drug-likeness (QED) is 0.560. The molecule has 0 atom stereocenters. The lowest BCUT2D eigenvalue weighted by atomic mass is 9.81. The van der Waals surface area contributed by atoms with Gasteiger partial charge in [-0.15, -0.1) is 0 Å². The highest BCUT2D eigenvalue weighted by Gasteiger charge is 2.37. The summed E-state index contributed by atoms with van der Waals surface area (Å²) in [5.41, 5.74) is 0.592. The number of carbonyl (C=O) groups excluding carboxylic acids is 1. The van der Waals surface area contributed by atoms with Gasteiger partial charge in [0.25, 0.3) is 0 Å². The zero-order chi connectivity index (χ0) is 21.0. The van der Waals surface area contributed by atoms with Crippen LogP contribution in [0.25, 0.3) is 0 Å². The van der Waals surface area contributed by atoms with Crippen LogP contribution in [0.15, 0.2) is 18.2 Å². The smallest absolute Gasteiger partial charge is 0.412 e. The van der Waals surface area contributed by atoms with Crippen molar-refractivity contribution >= 4 is 30.4 Å². The fourth-order valence-corrected chi connectivity index (χ4v) is 2.07. The van der Waals surface area contributed by atoms with E-state index < -0.39 is 22.9 Å². The van der Waals surface area contributed by atoms with Crippen molar-refractivity contribution in [2.75, 3.05) is 12.4 Å². The molecule has 0 aliphatic carbocycles. The highest BCUT2D eigenvalue weighted by Crippen LogP contribution is 2.27. The third kappa shape index (κ3) is 6.67. The van der Waals surface area contributed by atoms with Gasteiger partial charge in [-0.05, 0) is 61.5 Å². The van der Waals surface area contributed by atoms with E-state index in [9.17, 15) is 4.79 Å². The first kappa shape index (κ1) is 23.2. The lowest BCUT2D eigenvalue weighted by Crippen LogP contribution is -2.50. The standard InChI is InChI=1S/C20H32BN2O4/c1-13(22)15-12-14(21-27-20(7,8)19(5,6)25-9)10-11-16(15)23-17(24)26-18(2,3)4/h10-12,22H,1-9H3,(H,23,24). The SMILES string of the molecule is COC(C)(C)C(C)(C)O[B]c1ccc(NC(=O)OC(C)(C)C)c(C(C)=N)c1. The maximum absolute atomic E-state index is 12.0. The van der Waals surface area contributed by atoms with Crippen LogP contribution in [-0.2, 0) is 14.1 Å². The summed E-state index contributed by atoms with van der Waals surface area (Å²) in [5.74, 6) is 0. The van der Waals surface area contributed by atoms with Gasteiger partial charge in [-0.2, -0.15) is 0 Å². The number of ether oxygens (including phenoxy) is 2. The van der Waals surface area contributed by atoms with Gasteiger partial charge in [0, 0.05) is 18.4 Å². The second-order valence-corrected chi connectivity index (χ2v) is 8.52. The molecule has 0 saturated carbocycles. The normalized spacial score (nSPS) is 12.5. The molecule has 0 fully saturated rings. The van der Waals surface area contributed by atoms with Crippen molar-refractivity contribution in [2.45, 2.75) is 72.2 Å². The predicted molar refractivity (Wildman–Crippen MR) is 110 cm³/mol. The minimum Gasteiger partial charge on any atom is -0.444 e. The first-order chi connectivity index (χ1) is 12.2. The summed E-state index contributed by atoms with van der Waals surface area (Å²) in [6.07, 6.45) is -0.555. The number of hydrogen-bond donors (Lipinski definition) is 2. The molecular weight excluding hydrogens is 343 g/mol. The Morgan fingerprint density at radius 1 is 1.07 bits per heavy atom. The van der Waals surface area contributed by atoms with Crippen LogP contribution >= 0.6 is 0 Å². The van der Waals surface area contributed by atoms with E-state index in [0.29, 0.717) is 17.0 Å². The number of methoxy groups -OCH3 is 1. The first-order valence-electron chi connectivity index (χ1n) is 8.94. The van der Waals surface area contributed by atoms with Crippen molar-refractivity contribution < 1.29 is 18.9 Å². The van der Waals surface area contributed by atoms with E-state index in [0.717, 1.165) is 5.46 Å². The van der Waals surface area contributed by atoms with E-state index in [4.69, 9.17) is 19.5 Å². The average molecular weight is 375 g/mol. The van der Waals surface area contributed by atoms with Crippen LogP contribution in [0, 0.1) is 5.41 Å². The lowest BCUT2D eigenvalue weighted by molar-refractivity contribution is -0.114. The van der Waals surface area contributed by atoms with Crippen LogP contribution in [0.2, 0.25) is 0 Å². The average Bonchev–Trinajstić information content (AvgIpc) is 2.51. The Balaban J connectivity index is 2.97. The van der Waals surface area contributed by atoms with Gasteiger partial charge in [0.05, 0.1) is 16.9 Å². The fraction of sp³-hybridized carbons (Fsp3) is 0.600. The molecule has 149 valence electrons. The molecule has 7 heteroatoms. The van der Waals surface area contributed by atoms with E-state index >= 15 is 0 Å². The molecule has 0 heterocycles. The Morgan fingerprint density at radius 2 is 1.67 bits per heavy atom. The van der Waals surface area contributed by atoms with E-state index in [1.807, 2.05) is 33.8 Å². The van der Waals surface area contributed by atoms with Crippen molar-refractivity contribution in [3.63, 3.8) is 0 Å². The molecule has 2 N–H and O–H groups in total. The van der Waals surface area contributed by atoms with Crippen LogP contribution in [0.1, 0.15) is 61.0 Å². The molecule has 0 saturated heterocycles. The molecule has 6 nitrogen and oxygen atoms in total. The zero-order valence-corrected chi connectivity index (χ0v) is 17.9. The van der Waals surface area contributed by atoms with Gasteiger partial charge < -0.3 is 19.5 Å². The Bertz CT molecular complexity index is 694. The van der Waals surface area contributed by atoms with Crippen LogP contribution < -0.4 is 10.8 Å². The van der Waals surface area contributed by atoms with Gasteiger partial charge in [0.1, 0.15) is 5.60 Å². The summed E-state index contributed by atoms with van der Waals surface area (Å²) in [6, 6.07) is 5.35. The van der Waals surface area contributed by atoms with Gasteiger partial charge in [0.2, 0.25) is 0 Å². The number of nitrogens with one attached hydrogen (secondary N) is 2. The minimum atomic E-state index is -0.592. The molecule has 0 bridgehead atoms. The van der Waals surface area contributed by atoms with E-state index in [1.165, 1.54) is 0 Å². The van der Waals surface area contributed by atoms with Crippen molar-refractivity contribution in [3.05, 3.63) is 23.8 Å². The summed E-state index contributed by atoms with van der Waals surface area (Å²) < 4.78 is 16.8. The van der Waals surface area contributed by atoms with E-state index in [2.05, 4.69) is 5.32 Å². The maximum atomic E-state index is 12.0. The summed E-state index contributed by atoms with van der Waals surface area (Å²) >= 11 is 0. The minimum absolute atomic E-state index is 0.327. The molecule has 1 aromatic carbocycles. The molecule has 0 aliphatic heterocycles. The number of hydrogen-bond acceptors (Lipinski definition) is 5. The van der Waals surface area contributed by atoms with Crippen molar-refractivity contribution in [3.8, 4) is 0 Å². The number of anilines is 1. The molecule has 1 rings (SSSR count). The second-order valence-electron chi connectivity index (χ2n) is 8.52. The Labute approximate surface area is 163 Å². The van der Waals surface area contributed by atoms with Gasteiger partial charge in [-0.3, -0.25) is 5.32 Å². The number of carbonyl (C=O) groups is 1. The summed E-state index contributed by atoms with van der Waals surface area (Å²) in [7, 11) is 3.29. The molecule has 0 aliphatic rings. The number of amides is 1. The molecule has 0 aromatic heterocycles. The second kappa shape index (κ2) is 8.44. The highest BCUT2D eigenvalue weighted by atomic mass is 16.6. The fourth-order valence-electron chi connectivity index (χ4n) is 2.07. The van der Waals surface area contributed by atoms with E-state index in [-0.39, 0.29) is 0 Å². The van der Waals surface area contributed by atoms with Gasteiger partial charge in [-0.1, -0.05) is 17.6 Å². The van der Waals surface area contributed by atoms with Crippen LogP contribution in [0.4, 0.5) is 10.5 Å². The molecule has 27 heavy (non-hydrogen) atoms. The predicted octanol–water partition coefficient (Wildman–Crippen LogP) is 3.89.